The van der Waals surface area contributed by atoms with Crippen molar-refractivity contribution in [2.75, 3.05) is 33.8 Å². The summed E-state index contributed by atoms with van der Waals surface area (Å²) in [4.78, 5) is 43.6. The molecule has 2 saturated heterocycles. The van der Waals surface area contributed by atoms with Gasteiger partial charge in [0.15, 0.2) is 0 Å². The van der Waals surface area contributed by atoms with Gasteiger partial charge in [0.1, 0.15) is 0 Å². The third-order valence-corrected chi connectivity index (χ3v) is 8.16. The minimum atomic E-state index is -0.263. The summed E-state index contributed by atoms with van der Waals surface area (Å²) in [6.45, 7) is 0.550. The number of carbonyl (C=O) groups excluding carboxylic acids is 3. The van der Waals surface area contributed by atoms with Gasteiger partial charge in [-0.3, -0.25) is 14.4 Å². The molecule has 3 fully saturated rings. The normalized spacial score (nSPS) is 24.2. The Hall–Kier alpha value is -3.19. The Bertz CT molecular complexity index is 1140. The molecule has 5 rings (SSSR count). The smallest absolute Gasteiger partial charge is 0.253 e. The van der Waals surface area contributed by atoms with E-state index in [4.69, 9.17) is 0 Å². The van der Waals surface area contributed by atoms with E-state index in [1.165, 1.54) is 6.42 Å². The average Bonchev–Trinajstić information content (AvgIpc) is 2.89. The van der Waals surface area contributed by atoms with Crippen molar-refractivity contribution in [3.05, 3.63) is 59.7 Å². The van der Waals surface area contributed by atoms with Crippen molar-refractivity contribution in [1.29, 1.82) is 0 Å². The van der Waals surface area contributed by atoms with E-state index in [1.807, 2.05) is 48.5 Å². The van der Waals surface area contributed by atoms with Gasteiger partial charge in [0.2, 0.25) is 11.8 Å². The molecule has 0 unspecified atom stereocenters. The molecule has 36 heavy (non-hydrogen) atoms. The monoisotopic (exact) mass is 489 g/mol. The summed E-state index contributed by atoms with van der Waals surface area (Å²) in [5, 5.41) is 10.1. The van der Waals surface area contributed by atoms with Crippen LogP contribution >= 0.6 is 0 Å². The Morgan fingerprint density at radius 3 is 2.39 bits per heavy atom. The lowest BCUT2D eigenvalue weighted by Gasteiger charge is -2.59. The lowest BCUT2D eigenvalue weighted by Crippen LogP contribution is -2.73. The van der Waals surface area contributed by atoms with Crippen molar-refractivity contribution in [2.45, 2.75) is 50.1 Å². The van der Waals surface area contributed by atoms with Gasteiger partial charge >= 0.3 is 0 Å². The predicted octanol–water partition coefficient (Wildman–Crippen LogP) is 3.13. The quantitative estimate of drug-likeness (QED) is 0.700. The van der Waals surface area contributed by atoms with Gasteiger partial charge in [0, 0.05) is 38.0 Å². The first-order valence-electron chi connectivity index (χ1n) is 13.0. The van der Waals surface area contributed by atoms with Crippen LogP contribution in [0, 0.1) is 5.92 Å². The van der Waals surface area contributed by atoms with E-state index in [0.717, 1.165) is 42.4 Å². The lowest BCUT2D eigenvalue weighted by atomic mass is 9.73. The molecule has 7 nitrogen and oxygen atoms in total. The van der Waals surface area contributed by atoms with Crippen LogP contribution in [0.5, 0.6) is 0 Å². The minimum Gasteiger partial charge on any atom is -0.394 e. The van der Waals surface area contributed by atoms with Gasteiger partial charge < -0.3 is 19.8 Å². The van der Waals surface area contributed by atoms with E-state index in [0.29, 0.717) is 12.1 Å². The third kappa shape index (κ3) is 4.41. The van der Waals surface area contributed by atoms with E-state index in [1.54, 1.807) is 28.8 Å². The molecule has 3 atom stereocenters. The maximum absolute atomic E-state index is 13.2. The maximum atomic E-state index is 13.2. The molecule has 3 amide bonds. The number of amides is 3. The number of nitrogens with zero attached hydrogens (tertiary/aromatic N) is 3. The number of hydrogen-bond donors (Lipinski definition) is 1. The molecule has 3 aliphatic rings. The number of carbonyl (C=O) groups is 3. The molecule has 0 radical (unpaired) electrons. The fourth-order valence-corrected chi connectivity index (χ4v) is 6.26. The highest BCUT2D eigenvalue weighted by Crippen LogP contribution is 2.43. The van der Waals surface area contributed by atoms with Gasteiger partial charge in [-0.1, -0.05) is 55.7 Å². The molecule has 0 aromatic heterocycles. The Morgan fingerprint density at radius 1 is 1.00 bits per heavy atom. The van der Waals surface area contributed by atoms with Crippen molar-refractivity contribution in [3.63, 3.8) is 0 Å². The lowest BCUT2D eigenvalue weighted by molar-refractivity contribution is -0.168. The average molecular weight is 490 g/mol. The largest absolute Gasteiger partial charge is 0.394 e. The number of fused-ring (bicyclic) bond motifs is 1. The van der Waals surface area contributed by atoms with Gasteiger partial charge in [0.05, 0.1) is 25.2 Å². The molecule has 1 saturated carbocycles. The summed E-state index contributed by atoms with van der Waals surface area (Å²) in [5.74, 6) is 0.0421. The maximum Gasteiger partial charge on any atom is 0.253 e. The summed E-state index contributed by atoms with van der Waals surface area (Å²) < 4.78 is 0. The van der Waals surface area contributed by atoms with Crippen LogP contribution in [0.15, 0.2) is 48.5 Å². The molecule has 1 N–H and O–H groups in total. The fraction of sp³-hybridized carbons (Fsp3) is 0.483. The SMILES string of the molecule is CN(C)C(=O)c1cccc(-c2ccc([C@H]3[C@@H](CO)N4C(=O)CN(C(=O)C5CCCCC5)C[C@@H]34)cc2)c1. The molecule has 2 aliphatic heterocycles. The molecule has 0 bridgehead atoms. The summed E-state index contributed by atoms with van der Waals surface area (Å²) in [6, 6.07) is 15.4. The minimum absolute atomic E-state index is 0.0170. The van der Waals surface area contributed by atoms with Crippen molar-refractivity contribution >= 4 is 17.7 Å². The number of rotatable bonds is 5. The number of hydrogen-bond acceptors (Lipinski definition) is 4. The summed E-state index contributed by atoms with van der Waals surface area (Å²) >= 11 is 0. The molecule has 2 heterocycles. The van der Waals surface area contributed by atoms with Crippen molar-refractivity contribution in [2.24, 2.45) is 5.92 Å². The summed E-state index contributed by atoms with van der Waals surface area (Å²) in [6.07, 6.45) is 5.20. The predicted molar refractivity (Wildman–Crippen MR) is 137 cm³/mol. The van der Waals surface area contributed by atoms with Gasteiger partial charge in [-0.05, 0) is 41.7 Å². The van der Waals surface area contributed by atoms with E-state index in [9.17, 15) is 19.5 Å². The Morgan fingerprint density at radius 2 is 1.72 bits per heavy atom. The molecule has 1 aliphatic carbocycles. The highest BCUT2D eigenvalue weighted by Gasteiger charge is 2.54. The highest BCUT2D eigenvalue weighted by atomic mass is 16.3. The standard InChI is InChI=1S/C29H35N3O4/c1-30(2)28(35)23-10-6-9-22(15-23)19-11-13-20(14-12-19)27-24-16-31(17-26(34)32(24)25(27)18-33)29(36)21-7-4-3-5-8-21/h6,9-15,21,24-25,27,33H,3-5,7-8,16-18H2,1-2H3/t24-,25+,27+/m0/s1. The number of aliphatic hydroxyl groups is 1. The van der Waals surface area contributed by atoms with Gasteiger partial charge in [-0.2, -0.15) is 0 Å². The Kier molecular flexibility index (Phi) is 6.84. The van der Waals surface area contributed by atoms with Crippen molar-refractivity contribution in [1.82, 2.24) is 14.7 Å². The summed E-state index contributed by atoms with van der Waals surface area (Å²) in [5.41, 5.74) is 3.65. The van der Waals surface area contributed by atoms with E-state index >= 15 is 0 Å². The van der Waals surface area contributed by atoms with Crippen LogP contribution in [-0.4, -0.2) is 83.4 Å². The van der Waals surface area contributed by atoms with Crippen LogP contribution in [0.1, 0.15) is 53.9 Å². The molecule has 2 aromatic carbocycles. The molecule has 7 heteroatoms. The number of benzene rings is 2. The van der Waals surface area contributed by atoms with E-state index in [2.05, 4.69) is 0 Å². The molecule has 0 spiro atoms. The van der Waals surface area contributed by atoms with E-state index < -0.39 is 0 Å². The summed E-state index contributed by atoms with van der Waals surface area (Å²) in [7, 11) is 3.48. The van der Waals surface area contributed by atoms with Crippen LogP contribution in [0.2, 0.25) is 0 Å². The Labute approximate surface area is 212 Å². The second-order valence-corrected chi connectivity index (χ2v) is 10.6. The van der Waals surface area contributed by atoms with Crippen LogP contribution in [0.3, 0.4) is 0 Å². The number of aliphatic hydroxyl groups excluding tert-OH is 1. The first kappa shape index (κ1) is 24.5. The third-order valence-electron chi connectivity index (χ3n) is 8.16. The zero-order valence-electron chi connectivity index (χ0n) is 21.1. The molecular weight excluding hydrogens is 454 g/mol. The van der Waals surface area contributed by atoms with Crippen LogP contribution in [-0.2, 0) is 9.59 Å². The zero-order chi connectivity index (χ0) is 25.4. The van der Waals surface area contributed by atoms with Crippen molar-refractivity contribution < 1.29 is 19.5 Å². The molecule has 190 valence electrons. The fourth-order valence-electron chi connectivity index (χ4n) is 6.26. The number of piperazine rings is 1. The molecule has 2 aromatic rings. The Balaban J connectivity index is 1.34. The topological polar surface area (TPSA) is 81.2 Å². The van der Waals surface area contributed by atoms with E-state index in [-0.39, 0.29) is 54.8 Å². The van der Waals surface area contributed by atoms with Crippen LogP contribution in [0.25, 0.3) is 11.1 Å². The first-order chi connectivity index (χ1) is 17.4. The van der Waals surface area contributed by atoms with Crippen molar-refractivity contribution in [3.8, 4) is 11.1 Å². The molecular formula is C29H35N3O4. The highest BCUT2D eigenvalue weighted by molar-refractivity contribution is 5.95. The second-order valence-electron chi connectivity index (χ2n) is 10.6. The van der Waals surface area contributed by atoms with Gasteiger partial charge in [0.25, 0.3) is 5.91 Å². The second kappa shape index (κ2) is 10.1. The first-order valence-corrected chi connectivity index (χ1v) is 13.0. The van der Waals surface area contributed by atoms with Crippen LogP contribution < -0.4 is 0 Å². The van der Waals surface area contributed by atoms with Gasteiger partial charge in [-0.25, -0.2) is 0 Å². The zero-order valence-corrected chi connectivity index (χ0v) is 21.1. The van der Waals surface area contributed by atoms with Crippen LogP contribution in [0.4, 0.5) is 0 Å². The van der Waals surface area contributed by atoms with Gasteiger partial charge in [-0.15, -0.1) is 0 Å².